The predicted molar refractivity (Wildman–Crippen MR) is 71.9 cm³/mol. The molecule has 0 atom stereocenters. The van der Waals surface area contributed by atoms with Crippen LogP contribution in [0.15, 0.2) is 23.1 Å². The number of hydrogen-bond acceptors (Lipinski definition) is 4. The molecule has 1 aromatic carbocycles. The Hall–Kier alpha value is -2.00. The molecule has 1 aromatic rings. The topological polar surface area (TPSA) is 104 Å². The molecule has 0 radical (unpaired) electrons. The van der Waals surface area contributed by atoms with Crippen LogP contribution in [0.2, 0.25) is 0 Å². The van der Waals surface area contributed by atoms with Crippen LogP contribution >= 0.6 is 0 Å². The Morgan fingerprint density at radius 1 is 1.33 bits per heavy atom. The first-order chi connectivity index (χ1) is 9.65. The van der Waals surface area contributed by atoms with Crippen LogP contribution < -0.4 is 4.72 Å². The Kier molecular flexibility index (Phi) is 5.39. The number of carboxylic acid groups (broad SMARTS) is 1. The van der Waals surface area contributed by atoms with Crippen LogP contribution in [0.1, 0.15) is 16.8 Å². The Bertz CT molecular complexity index is 658. The number of halogens is 1. The maximum Gasteiger partial charge on any atom is 0.335 e. The molecule has 1 amide bonds. The van der Waals surface area contributed by atoms with Crippen LogP contribution in [0.3, 0.4) is 0 Å². The van der Waals surface area contributed by atoms with Crippen LogP contribution in [0.4, 0.5) is 4.39 Å². The number of carbonyl (C=O) groups excluding carboxylic acids is 1. The molecule has 0 saturated carbocycles. The quantitative estimate of drug-likeness (QED) is 0.784. The fourth-order valence-corrected chi connectivity index (χ4v) is 2.53. The highest BCUT2D eigenvalue weighted by Crippen LogP contribution is 2.16. The molecule has 2 N–H and O–H groups in total. The second kappa shape index (κ2) is 6.64. The van der Waals surface area contributed by atoms with E-state index in [-0.39, 0.29) is 24.4 Å². The molecule has 0 aliphatic heterocycles. The van der Waals surface area contributed by atoms with Gasteiger partial charge < -0.3 is 10.0 Å². The fourth-order valence-electron chi connectivity index (χ4n) is 1.45. The zero-order valence-electron chi connectivity index (χ0n) is 11.5. The van der Waals surface area contributed by atoms with E-state index in [4.69, 9.17) is 5.11 Å². The minimum absolute atomic E-state index is 0.0684. The Morgan fingerprint density at radius 3 is 2.43 bits per heavy atom. The molecule has 0 saturated heterocycles. The average molecular weight is 318 g/mol. The summed E-state index contributed by atoms with van der Waals surface area (Å²) in [5.41, 5.74) is -0.353. The van der Waals surface area contributed by atoms with Gasteiger partial charge in [-0.2, -0.15) is 0 Å². The molecule has 7 nitrogen and oxygen atoms in total. The number of nitrogens with one attached hydrogen (secondary N) is 1. The average Bonchev–Trinajstić information content (AvgIpc) is 2.37. The van der Waals surface area contributed by atoms with Gasteiger partial charge in [-0.3, -0.25) is 4.79 Å². The third-order valence-corrected chi connectivity index (χ3v) is 4.09. The highest BCUT2D eigenvalue weighted by Gasteiger charge is 2.20. The molecule has 9 heteroatoms. The van der Waals surface area contributed by atoms with Crippen molar-refractivity contribution in [3.05, 3.63) is 29.6 Å². The number of nitrogens with zero attached hydrogens (tertiary/aromatic N) is 1. The summed E-state index contributed by atoms with van der Waals surface area (Å²) < 4.78 is 39.5. The third kappa shape index (κ3) is 4.50. The maximum atomic E-state index is 13.7. The molecule has 1 rings (SSSR count). The number of aromatic carboxylic acids is 1. The lowest BCUT2D eigenvalue weighted by molar-refractivity contribution is -0.128. The van der Waals surface area contributed by atoms with E-state index >= 15 is 0 Å². The summed E-state index contributed by atoms with van der Waals surface area (Å²) in [6, 6.07) is 2.49. The standard InChI is InChI=1S/C12H15FN2O5S/c1-15(2)11(16)5-6-14-21(19,20)10-4-3-8(12(17)18)7-9(10)13/h3-4,7,14H,5-6H2,1-2H3,(H,17,18). The molecular weight excluding hydrogens is 303 g/mol. The first-order valence-electron chi connectivity index (χ1n) is 5.88. The molecule has 0 fully saturated rings. The molecular formula is C12H15FN2O5S. The molecule has 0 aliphatic carbocycles. The zero-order chi connectivity index (χ0) is 16.2. The van der Waals surface area contributed by atoms with Gasteiger partial charge in [-0.1, -0.05) is 0 Å². The Morgan fingerprint density at radius 2 is 1.95 bits per heavy atom. The Balaban J connectivity index is 2.84. The summed E-state index contributed by atoms with van der Waals surface area (Å²) in [5.74, 6) is -2.80. The summed E-state index contributed by atoms with van der Waals surface area (Å²) in [6.45, 7) is -0.181. The van der Waals surface area contributed by atoms with E-state index in [1.807, 2.05) is 0 Å². The van der Waals surface area contributed by atoms with Crippen LogP contribution in [-0.4, -0.2) is 50.9 Å². The Labute approximate surface area is 121 Å². The van der Waals surface area contributed by atoms with Gasteiger partial charge in [0.05, 0.1) is 5.56 Å². The maximum absolute atomic E-state index is 13.7. The van der Waals surface area contributed by atoms with Crippen molar-refractivity contribution in [3.63, 3.8) is 0 Å². The molecule has 0 spiro atoms. The molecule has 21 heavy (non-hydrogen) atoms. The summed E-state index contributed by atoms with van der Waals surface area (Å²) in [5, 5.41) is 8.68. The lowest BCUT2D eigenvalue weighted by atomic mass is 10.2. The monoisotopic (exact) mass is 318 g/mol. The minimum atomic E-state index is -4.14. The lowest BCUT2D eigenvalue weighted by Crippen LogP contribution is -2.30. The van der Waals surface area contributed by atoms with Gasteiger partial charge in [-0.25, -0.2) is 22.3 Å². The molecule has 0 aromatic heterocycles. The van der Waals surface area contributed by atoms with Crippen molar-refractivity contribution < 1.29 is 27.5 Å². The van der Waals surface area contributed by atoms with E-state index < -0.39 is 26.7 Å². The van der Waals surface area contributed by atoms with E-state index in [0.717, 1.165) is 12.1 Å². The SMILES string of the molecule is CN(C)C(=O)CCNS(=O)(=O)c1ccc(C(=O)O)cc1F. The second-order valence-corrected chi connectivity index (χ2v) is 6.12. The minimum Gasteiger partial charge on any atom is -0.478 e. The summed E-state index contributed by atoms with van der Waals surface area (Å²) in [4.78, 5) is 22.6. The van der Waals surface area contributed by atoms with Crippen molar-refractivity contribution in [2.45, 2.75) is 11.3 Å². The predicted octanol–water partition coefficient (Wildman–Crippen LogP) is 0.281. The second-order valence-electron chi connectivity index (χ2n) is 4.39. The van der Waals surface area contributed by atoms with Crippen LogP contribution in [0, 0.1) is 5.82 Å². The number of carboxylic acids is 1. The van der Waals surface area contributed by atoms with E-state index in [1.165, 1.54) is 19.0 Å². The number of hydrogen-bond donors (Lipinski definition) is 2. The van der Waals surface area contributed by atoms with Gasteiger partial charge >= 0.3 is 5.97 Å². The van der Waals surface area contributed by atoms with Gasteiger partial charge in [0.15, 0.2) is 0 Å². The van der Waals surface area contributed by atoms with Gasteiger partial charge in [-0.15, -0.1) is 0 Å². The number of carbonyl (C=O) groups is 2. The van der Waals surface area contributed by atoms with Crippen LogP contribution in [0.5, 0.6) is 0 Å². The first-order valence-corrected chi connectivity index (χ1v) is 7.36. The van der Waals surface area contributed by atoms with Crippen LogP contribution in [-0.2, 0) is 14.8 Å². The van der Waals surface area contributed by atoms with Gasteiger partial charge in [0.25, 0.3) is 0 Å². The molecule has 0 unspecified atom stereocenters. The van der Waals surface area contributed by atoms with E-state index in [2.05, 4.69) is 4.72 Å². The van der Waals surface area contributed by atoms with Crippen molar-refractivity contribution >= 4 is 21.9 Å². The third-order valence-electron chi connectivity index (χ3n) is 2.60. The van der Waals surface area contributed by atoms with Gasteiger partial charge in [0, 0.05) is 27.1 Å². The normalized spacial score (nSPS) is 11.2. The lowest BCUT2D eigenvalue weighted by Gasteiger charge is -2.11. The molecule has 0 heterocycles. The van der Waals surface area contributed by atoms with E-state index in [9.17, 15) is 22.4 Å². The number of rotatable bonds is 6. The van der Waals surface area contributed by atoms with Gasteiger partial charge in [0.1, 0.15) is 10.7 Å². The van der Waals surface area contributed by atoms with Crippen molar-refractivity contribution in [3.8, 4) is 0 Å². The number of benzene rings is 1. The zero-order valence-corrected chi connectivity index (χ0v) is 12.3. The van der Waals surface area contributed by atoms with Crippen LogP contribution in [0.25, 0.3) is 0 Å². The van der Waals surface area contributed by atoms with Crippen molar-refractivity contribution in [2.24, 2.45) is 0 Å². The fraction of sp³-hybridized carbons (Fsp3) is 0.333. The summed E-state index contributed by atoms with van der Waals surface area (Å²) in [6.07, 6.45) is -0.0684. The summed E-state index contributed by atoms with van der Waals surface area (Å²) >= 11 is 0. The number of sulfonamides is 1. The first kappa shape index (κ1) is 17.1. The molecule has 0 aliphatic rings. The molecule has 0 bridgehead atoms. The number of amides is 1. The van der Waals surface area contributed by atoms with Gasteiger partial charge in [-0.05, 0) is 18.2 Å². The van der Waals surface area contributed by atoms with Crippen molar-refractivity contribution in [1.82, 2.24) is 9.62 Å². The molecule has 116 valence electrons. The highest BCUT2D eigenvalue weighted by atomic mass is 32.2. The largest absolute Gasteiger partial charge is 0.478 e. The highest BCUT2D eigenvalue weighted by molar-refractivity contribution is 7.89. The van der Waals surface area contributed by atoms with E-state index in [0.29, 0.717) is 6.07 Å². The van der Waals surface area contributed by atoms with E-state index in [1.54, 1.807) is 0 Å². The van der Waals surface area contributed by atoms with Gasteiger partial charge in [0.2, 0.25) is 15.9 Å². The summed E-state index contributed by atoms with van der Waals surface area (Å²) in [7, 11) is -1.09. The van der Waals surface area contributed by atoms with Crippen molar-refractivity contribution in [1.29, 1.82) is 0 Å². The van der Waals surface area contributed by atoms with Crippen molar-refractivity contribution in [2.75, 3.05) is 20.6 Å². The smallest absolute Gasteiger partial charge is 0.335 e.